The van der Waals surface area contributed by atoms with E-state index in [0.717, 1.165) is 17.1 Å². The molecule has 2 aromatic rings. The van der Waals surface area contributed by atoms with E-state index in [-0.39, 0.29) is 0 Å². The monoisotopic (exact) mass is 215 g/mol. The van der Waals surface area contributed by atoms with Gasteiger partial charge in [0, 0.05) is 12.1 Å². The smallest absolute Gasteiger partial charge is 0.148 e. The second kappa shape index (κ2) is 4.39. The maximum absolute atomic E-state index is 4.22. The Morgan fingerprint density at radius 1 is 1.19 bits per heavy atom. The Labute approximate surface area is 95.9 Å². The molecule has 0 aliphatic heterocycles. The molecule has 0 saturated carbocycles. The van der Waals surface area contributed by atoms with Crippen molar-refractivity contribution in [2.45, 2.75) is 26.8 Å². The van der Waals surface area contributed by atoms with Gasteiger partial charge in [-0.05, 0) is 26.3 Å². The fraction of sp³-hybridized carbons (Fsp3) is 0.308. The molecule has 0 aliphatic rings. The van der Waals surface area contributed by atoms with Crippen LogP contribution in [-0.2, 0) is 0 Å². The van der Waals surface area contributed by atoms with E-state index >= 15 is 0 Å². The van der Waals surface area contributed by atoms with Gasteiger partial charge in [0.15, 0.2) is 0 Å². The summed E-state index contributed by atoms with van der Waals surface area (Å²) in [6, 6.07) is 10.8. The van der Waals surface area contributed by atoms with Crippen LogP contribution in [0.2, 0.25) is 0 Å². The number of hydrogen-bond donors (Lipinski definition) is 2. The number of rotatable bonds is 3. The number of nitrogens with zero attached hydrogens (tertiary/aromatic N) is 1. The fourth-order valence-electron chi connectivity index (χ4n) is 1.57. The van der Waals surface area contributed by atoms with Gasteiger partial charge in [-0.1, -0.05) is 29.8 Å². The summed E-state index contributed by atoms with van der Waals surface area (Å²) in [6.07, 6.45) is 0. The molecule has 0 atom stereocenters. The first-order valence-corrected chi connectivity index (χ1v) is 5.54. The van der Waals surface area contributed by atoms with Gasteiger partial charge < -0.3 is 5.32 Å². The average molecular weight is 215 g/mol. The number of aryl methyl sites for hydroxylation is 1. The lowest BCUT2D eigenvalue weighted by molar-refractivity contribution is 0.884. The first kappa shape index (κ1) is 10.7. The Kier molecular flexibility index (Phi) is 2.95. The van der Waals surface area contributed by atoms with Crippen molar-refractivity contribution in [1.29, 1.82) is 0 Å². The molecule has 0 saturated heterocycles. The van der Waals surface area contributed by atoms with Gasteiger partial charge in [0.05, 0.1) is 5.69 Å². The summed E-state index contributed by atoms with van der Waals surface area (Å²) in [7, 11) is 0. The van der Waals surface area contributed by atoms with E-state index in [2.05, 4.69) is 60.6 Å². The summed E-state index contributed by atoms with van der Waals surface area (Å²) in [5.74, 6) is 0.894. The van der Waals surface area contributed by atoms with Crippen molar-refractivity contribution in [3.8, 4) is 11.3 Å². The summed E-state index contributed by atoms with van der Waals surface area (Å²) in [5.41, 5.74) is 3.47. The number of nitrogens with one attached hydrogen (secondary N) is 2. The van der Waals surface area contributed by atoms with Gasteiger partial charge in [0.1, 0.15) is 5.82 Å². The number of H-pyrrole nitrogens is 1. The van der Waals surface area contributed by atoms with Crippen molar-refractivity contribution in [3.05, 3.63) is 35.9 Å². The Morgan fingerprint density at radius 2 is 1.88 bits per heavy atom. The molecule has 1 aromatic carbocycles. The molecular weight excluding hydrogens is 198 g/mol. The molecule has 0 aliphatic carbocycles. The predicted molar refractivity (Wildman–Crippen MR) is 67.5 cm³/mol. The lowest BCUT2D eigenvalue weighted by Gasteiger charge is -2.04. The number of hydrogen-bond acceptors (Lipinski definition) is 2. The van der Waals surface area contributed by atoms with Crippen molar-refractivity contribution in [1.82, 2.24) is 10.2 Å². The molecule has 3 nitrogen and oxygen atoms in total. The van der Waals surface area contributed by atoms with E-state index in [0.29, 0.717) is 6.04 Å². The molecule has 0 bridgehead atoms. The van der Waals surface area contributed by atoms with E-state index in [1.54, 1.807) is 0 Å². The molecule has 0 radical (unpaired) electrons. The zero-order valence-corrected chi connectivity index (χ0v) is 9.91. The molecule has 0 spiro atoms. The number of benzene rings is 1. The predicted octanol–water partition coefficient (Wildman–Crippen LogP) is 3.21. The largest absolute Gasteiger partial charge is 0.366 e. The molecule has 16 heavy (non-hydrogen) atoms. The summed E-state index contributed by atoms with van der Waals surface area (Å²) in [4.78, 5) is 0. The molecule has 0 fully saturated rings. The number of aromatic amines is 1. The molecule has 1 heterocycles. The van der Waals surface area contributed by atoms with Gasteiger partial charge in [0.25, 0.3) is 0 Å². The third-order valence-electron chi connectivity index (χ3n) is 2.38. The first-order chi connectivity index (χ1) is 7.65. The van der Waals surface area contributed by atoms with Crippen LogP contribution >= 0.6 is 0 Å². The van der Waals surface area contributed by atoms with E-state index in [1.165, 1.54) is 5.56 Å². The van der Waals surface area contributed by atoms with Crippen LogP contribution in [0.15, 0.2) is 30.3 Å². The molecule has 3 heteroatoms. The highest BCUT2D eigenvalue weighted by molar-refractivity contribution is 5.62. The lowest BCUT2D eigenvalue weighted by atomic mass is 10.1. The number of aromatic nitrogens is 2. The maximum Gasteiger partial charge on any atom is 0.148 e. The van der Waals surface area contributed by atoms with Gasteiger partial charge in [-0.25, -0.2) is 0 Å². The van der Waals surface area contributed by atoms with Gasteiger partial charge in [-0.3, -0.25) is 5.10 Å². The zero-order chi connectivity index (χ0) is 11.5. The van der Waals surface area contributed by atoms with Crippen LogP contribution in [0.1, 0.15) is 19.4 Å². The lowest BCUT2D eigenvalue weighted by Crippen LogP contribution is -2.09. The molecule has 0 amide bonds. The van der Waals surface area contributed by atoms with Gasteiger partial charge in [0.2, 0.25) is 0 Å². The van der Waals surface area contributed by atoms with Gasteiger partial charge >= 0.3 is 0 Å². The fourth-order valence-corrected chi connectivity index (χ4v) is 1.57. The van der Waals surface area contributed by atoms with Crippen LogP contribution in [-0.4, -0.2) is 16.2 Å². The van der Waals surface area contributed by atoms with Gasteiger partial charge in [-0.2, -0.15) is 5.10 Å². The van der Waals surface area contributed by atoms with Crippen LogP contribution in [0.3, 0.4) is 0 Å². The minimum atomic E-state index is 0.397. The van der Waals surface area contributed by atoms with Crippen molar-refractivity contribution < 1.29 is 0 Å². The van der Waals surface area contributed by atoms with Crippen molar-refractivity contribution in [2.24, 2.45) is 0 Å². The average Bonchev–Trinajstić information content (AvgIpc) is 2.66. The molecule has 2 N–H and O–H groups in total. The van der Waals surface area contributed by atoms with Crippen molar-refractivity contribution in [3.63, 3.8) is 0 Å². The van der Waals surface area contributed by atoms with Crippen molar-refractivity contribution >= 4 is 5.82 Å². The summed E-state index contributed by atoms with van der Waals surface area (Å²) in [5, 5.41) is 10.5. The zero-order valence-electron chi connectivity index (χ0n) is 9.91. The highest BCUT2D eigenvalue weighted by Crippen LogP contribution is 2.20. The normalized spacial score (nSPS) is 10.8. The Morgan fingerprint density at radius 3 is 2.50 bits per heavy atom. The second-order valence-electron chi connectivity index (χ2n) is 4.33. The molecule has 1 aromatic heterocycles. The van der Waals surface area contributed by atoms with Gasteiger partial charge in [-0.15, -0.1) is 0 Å². The maximum atomic E-state index is 4.22. The van der Waals surface area contributed by atoms with Crippen LogP contribution in [0.4, 0.5) is 5.82 Å². The standard InChI is InChI=1S/C13H17N3/c1-9(2)14-13-8-12(15-16-13)11-6-4-10(3)5-7-11/h4-9H,1-3H3,(H2,14,15,16). The summed E-state index contributed by atoms with van der Waals surface area (Å²) >= 11 is 0. The SMILES string of the molecule is Cc1ccc(-c2cc(NC(C)C)n[nH]2)cc1. The minimum Gasteiger partial charge on any atom is -0.366 e. The topological polar surface area (TPSA) is 40.7 Å². The van der Waals surface area contributed by atoms with Crippen LogP contribution in [0.5, 0.6) is 0 Å². The third-order valence-corrected chi connectivity index (χ3v) is 2.38. The van der Waals surface area contributed by atoms with E-state index < -0.39 is 0 Å². The Hall–Kier alpha value is -1.77. The Bertz CT molecular complexity index is 454. The van der Waals surface area contributed by atoms with E-state index in [9.17, 15) is 0 Å². The first-order valence-electron chi connectivity index (χ1n) is 5.54. The molecule has 0 unspecified atom stereocenters. The van der Waals surface area contributed by atoms with Crippen LogP contribution in [0.25, 0.3) is 11.3 Å². The third kappa shape index (κ3) is 2.42. The highest BCUT2D eigenvalue weighted by Gasteiger charge is 2.03. The summed E-state index contributed by atoms with van der Waals surface area (Å²) < 4.78 is 0. The van der Waals surface area contributed by atoms with Crippen LogP contribution in [0, 0.1) is 6.92 Å². The van der Waals surface area contributed by atoms with Crippen molar-refractivity contribution in [2.75, 3.05) is 5.32 Å². The minimum absolute atomic E-state index is 0.397. The van der Waals surface area contributed by atoms with E-state index in [4.69, 9.17) is 0 Å². The Balaban J connectivity index is 2.21. The van der Waals surface area contributed by atoms with E-state index in [1.807, 2.05) is 6.07 Å². The highest BCUT2D eigenvalue weighted by atomic mass is 15.2. The summed E-state index contributed by atoms with van der Waals surface area (Å²) in [6.45, 7) is 6.28. The molecule has 2 rings (SSSR count). The second-order valence-corrected chi connectivity index (χ2v) is 4.33. The molecular formula is C13H17N3. The quantitative estimate of drug-likeness (QED) is 0.825. The molecule has 84 valence electrons. The van der Waals surface area contributed by atoms with Crippen LogP contribution < -0.4 is 5.32 Å². The number of anilines is 1.